The highest BCUT2D eigenvalue weighted by Crippen LogP contribution is 2.22. The van der Waals surface area contributed by atoms with Crippen LogP contribution in [0.2, 0.25) is 0 Å². The van der Waals surface area contributed by atoms with Gasteiger partial charge in [-0.1, -0.05) is 35.5 Å². The summed E-state index contributed by atoms with van der Waals surface area (Å²) >= 11 is 0. The second kappa shape index (κ2) is 7.39. The minimum atomic E-state index is -0.0333. The molecule has 6 heteroatoms. The summed E-state index contributed by atoms with van der Waals surface area (Å²) in [6.45, 7) is 1.61. The molecule has 2 aromatic carbocycles. The first kappa shape index (κ1) is 16.3. The summed E-state index contributed by atoms with van der Waals surface area (Å²) < 4.78 is 1.68. The number of carbonyl (C=O) groups excluding carboxylic acids is 1. The van der Waals surface area contributed by atoms with E-state index in [1.54, 1.807) is 17.1 Å². The third-order valence-electron chi connectivity index (χ3n) is 4.75. The van der Waals surface area contributed by atoms with E-state index in [-0.39, 0.29) is 6.03 Å². The number of likely N-dealkylation sites (tertiary alicyclic amines) is 1. The van der Waals surface area contributed by atoms with Crippen LogP contribution in [0, 0.1) is 5.92 Å². The lowest BCUT2D eigenvalue weighted by Gasteiger charge is -2.17. The molecule has 0 bridgehead atoms. The van der Waals surface area contributed by atoms with Crippen LogP contribution in [0.3, 0.4) is 0 Å². The third kappa shape index (κ3) is 3.74. The Bertz CT molecular complexity index is 846. The summed E-state index contributed by atoms with van der Waals surface area (Å²) in [5.74, 6) is 0.526. The number of urea groups is 1. The molecule has 1 aromatic heterocycles. The molecule has 1 saturated heterocycles. The zero-order chi connectivity index (χ0) is 17.8. The van der Waals surface area contributed by atoms with Gasteiger partial charge in [0.2, 0.25) is 0 Å². The average Bonchev–Trinajstić information content (AvgIpc) is 3.35. The van der Waals surface area contributed by atoms with Crippen molar-refractivity contribution < 1.29 is 4.79 Å². The SMILES string of the molecule is O=C(Nc1ccc(-n2ccnn2)cc1)N1CCC(Cc2ccccc2)C1. The zero-order valence-corrected chi connectivity index (χ0v) is 14.5. The molecule has 1 atom stereocenters. The summed E-state index contributed by atoms with van der Waals surface area (Å²) in [4.78, 5) is 14.4. The molecule has 0 radical (unpaired) electrons. The van der Waals surface area contributed by atoms with Gasteiger partial charge in [0, 0.05) is 18.8 Å². The molecule has 6 nitrogen and oxygen atoms in total. The largest absolute Gasteiger partial charge is 0.324 e. The first-order valence-electron chi connectivity index (χ1n) is 8.84. The van der Waals surface area contributed by atoms with Crippen LogP contribution in [0.5, 0.6) is 0 Å². The van der Waals surface area contributed by atoms with E-state index in [9.17, 15) is 4.79 Å². The van der Waals surface area contributed by atoms with Crippen LogP contribution in [-0.2, 0) is 6.42 Å². The molecule has 2 amide bonds. The van der Waals surface area contributed by atoms with E-state index in [0.29, 0.717) is 5.92 Å². The number of amides is 2. The fourth-order valence-electron chi connectivity index (χ4n) is 3.38. The molecule has 1 aliphatic heterocycles. The van der Waals surface area contributed by atoms with Crippen LogP contribution >= 0.6 is 0 Å². The normalized spacial score (nSPS) is 16.6. The zero-order valence-electron chi connectivity index (χ0n) is 14.5. The minimum absolute atomic E-state index is 0.0333. The van der Waals surface area contributed by atoms with E-state index in [1.165, 1.54) is 5.56 Å². The van der Waals surface area contributed by atoms with E-state index >= 15 is 0 Å². The van der Waals surface area contributed by atoms with Gasteiger partial charge in [-0.2, -0.15) is 0 Å². The molecule has 1 fully saturated rings. The molecule has 1 unspecified atom stereocenters. The molecule has 4 rings (SSSR count). The van der Waals surface area contributed by atoms with Crippen molar-refractivity contribution in [3.63, 3.8) is 0 Å². The molecule has 3 aromatic rings. The fourth-order valence-corrected chi connectivity index (χ4v) is 3.38. The van der Waals surface area contributed by atoms with Gasteiger partial charge in [-0.05, 0) is 48.6 Å². The lowest BCUT2D eigenvalue weighted by atomic mass is 9.99. The van der Waals surface area contributed by atoms with Crippen molar-refractivity contribution in [2.24, 2.45) is 5.92 Å². The molecule has 1 aliphatic rings. The first-order chi connectivity index (χ1) is 12.8. The number of carbonyl (C=O) groups is 1. The van der Waals surface area contributed by atoms with Crippen LogP contribution in [0.25, 0.3) is 5.69 Å². The number of hydrogen-bond donors (Lipinski definition) is 1. The second-order valence-corrected chi connectivity index (χ2v) is 6.62. The number of benzene rings is 2. The van der Waals surface area contributed by atoms with Gasteiger partial charge in [-0.25, -0.2) is 9.48 Å². The van der Waals surface area contributed by atoms with Gasteiger partial charge in [-0.3, -0.25) is 0 Å². The number of rotatable bonds is 4. The van der Waals surface area contributed by atoms with Gasteiger partial charge >= 0.3 is 6.03 Å². The smallest absolute Gasteiger partial charge is 0.321 e. The molecular formula is C20H21N5O. The quantitative estimate of drug-likeness (QED) is 0.787. The van der Waals surface area contributed by atoms with Crippen LogP contribution in [0.4, 0.5) is 10.5 Å². The maximum atomic E-state index is 12.5. The highest BCUT2D eigenvalue weighted by Gasteiger charge is 2.26. The van der Waals surface area contributed by atoms with Crippen molar-refractivity contribution in [1.82, 2.24) is 19.9 Å². The maximum Gasteiger partial charge on any atom is 0.321 e. The number of hydrogen-bond acceptors (Lipinski definition) is 3. The van der Waals surface area contributed by atoms with E-state index in [2.05, 4.69) is 39.9 Å². The Morgan fingerprint density at radius 1 is 1.12 bits per heavy atom. The van der Waals surface area contributed by atoms with Crippen molar-refractivity contribution in [3.05, 3.63) is 72.6 Å². The van der Waals surface area contributed by atoms with Crippen LogP contribution in [0.15, 0.2) is 67.0 Å². The molecule has 1 N–H and O–H groups in total. The Balaban J connectivity index is 1.32. The number of nitrogens with one attached hydrogen (secondary N) is 1. The van der Waals surface area contributed by atoms with Crippen molar-refractivity contribution in [3.8, 4) is 5.69 Å². The minimum Gasteiger partial charge on any atom is -0.324 e. The Labute approximate surface area is 152 Å². The Morgan fingerprint density at radius 3 is 2.65 bits per heavy atom. The lowest BCUT2D eigenvalue weighted by molar-refractivity contribution is 0.221. The number of anilines is 1. The Hall–Kier alpha value is -3.15. The monoisotopic (exact) mass is 347 g/mol. The van der Waals surface area contributed by atoms with Gasteiger partial charge in [0.1, 0.15) is 0 Å². The van der Waals surface area contributed by atoms with Crippen molar-refractivity contribution in [2.45, 2.75) is 12.8 Å². The first-order valence-corrected chi connectivity index (χ1v) is 8.84. The van der Waals surface area contributed by atoms with Crippen molar-refractivity contribution in [2.75, 3.05) is 18.4 Å². The van der Waals surface area contributed by atoms with Crippen molar-refractivity contribution >= 4 is 11.7 Å². The van der Waals surface area contributed by atoms with Gasteiger partial charge < -0.3 is 10.2 Å². The summed E-state index contributed by atoms with van der Waals surface area (Å²) in [7, 11) is 0. The second-order valence-electron chi connectivity index (χ2n) is 6.62. The Kier molecular flexibility index (Phi) is 4.64. The predicted molar refractivity (Wildman–Crippen MR) is 100 cm³/mol. The molecule has 132 valence electrons. The fraction of sp³-hybridized carbons (Fsp3) is 0.250. The standard InChI is InChI=1S/C20H21N5O/c26-20(22-18-6-8-19(9-7-18)25-13-11-21-23-25)24-12-10-17(15-24)14-16-4-2-1-3-5-16/h1-9,11,13,17H,10,12,14-15H2,(H,22,26). The predicted octanol–water partition coefficient (Wildman–Crippen LogP) is 3.36. The van der Waals surface area contributed by atoms with E-state index in [4.69, 9.17) is 0 Å². The third-order valence-corrected chi connectivity index (χ3v) is 4.75. The van der Waals surface area contributed by atoms with Crippen LogP contribution in [0.1, 0.15) is 12.0 Å². The van der Waals surface area contributed by atoms with E-state index < -0.39 is 0 Å². The van der Waals surface area contributed by atoms with Crippen molar-refractivity contribution in [1.29, 1.82) is 0 Å². The summed E-state index contributed by atoms with van der Waals surface area (Å²) in [5, 5.41) is 10.7. The molecule has 0 spiro atoms. The molecule has 2 heterocycles. The van der Waals surface area contributed by atoms with Gasteiger partial charge in [0.05, 0.1) is 18.1 Å². The van der Waals surface area contributed by atoms with E-state index in [1.807, 2.05) is 35.2 Å². The summed E-state index contributed by atoms with van der Waals surface area (Å²) in [6, 6.07) is 18.0. The molecule has 0 aliphatic carbocycles. The molecule has 0 saturated carbocycles. The topological polar surface area (TPSA) is 63.1 Å². The maximum absolute atomic E-state index is 12.5. The lowest BCUT2D eigenvalue weighted by Crippen LogP contribution is -2.33. The van der Waals surface area contributed by atoms with Gasteiger partial charge in [-0.15, -0.1) is 5.10 Å². The summed E-state index contributed by atoms with van der Waals surface area (Å²) in [5.41, 5.74) is 3.03. The molecular weight excluding hydrogens is 326 g/mol. The Morgan fingerprint density at radius 2 is 1.92 bits per heavy atom. The highest BCUT2D eigenvalue weighted by molar-refractivity contribution is 5.89. The summed E-state index contributed by atoms with van der Waals surface area (Å²) in [6.07, 6.45) is 5.49. The van der Waals surface area contributed by atoms with E-state index in [0.717, 1.165) is 37.3 Å². The highest BCUT2D eigenvalue weighted by atomic mass is 16.2. The van der Waals surface area contributed by atoms with Crippen LogP contribution < -0.4 is 5.32 Å². The number of nitrogens with zero attached hydrogens (tertiary/aromatic N) is 4. The number of aromatic nitrogens is 3. The average molecular weight is 347 g/mol. The van der Waals surface area contributed by atoms with Gasteiger partial charge in [0.25, 0.3) is 0 Å². The molecule has 26 heavy (non-hydrogen) atoms. The van der Waals surface area contributed by atoms with Crippen LogP contribution in [-0.4, -0.2) is 39.0 Å². The van der Waals surface area contributed by atoms with Gasteiger partial charge in [0.15, 0.2) is 0 Å².